The summed E-state index contributed by atoms with van der Waals surface area (Å²) in [6.07, 6.45) is 7.98. The summed E-state index contributed by atoms with van der Waals surface area (Å²) in [5.41, 5.74) is 2.45. The summed E-state index contributed by atoms with van der Waals surface area (Å²) in [4.78, 5) is 14.9. The van der Waals surface area contributed by atoms with Gasteiger partial charge in [-0.3, -0.25) is 4.79 Å². The lowest BCUT2D eigenvalue weighted by atomic mass is 9.59. The Morgan fingerprint density at radius 1 is 1.30 bits per heavy atom. The molecule has 1 aromatic heterocycles. The molecule has 1 saturated heterocycles. The molecule has 1 aliphatic carbocycles. The standard InChI is InChI=1S/C19H30N2O2/c1-13(2)18-19(10-6-5-7-11-19)12-21(18)17(22)9-8-16-14(3)20-23-15(16)4/h13,18H,5-12H2,1-4H3. The molecule has 1 saturated carbocycles. The van der Waals surface area contributed by atoms with Crippen LogP contribution in [-0.2, 0) is 11.2 Å². The second-order valence-corrected chi connectivity index (χ2v) is 7.94. The van der Waals surface area contributed by atoms with Gasteiger partial charge in [0.2, 0.25) is 5.91 Å². The summed E-state index contributed by atoms with van der Waals surface area (Å²) in [7, 11) is 0. The van der Waals surface area contributed by atoms with Crippen molar-refractivity contribution in [2.75, 3.05) is 6.54 Å². The summed E-state index contributed by atoms with van der Waals surface area (Å²) in [5.74, 6) is 1.70. The quantitative estimate of drug-likeness (QED) is 0.841. The molecule has 4 nitrogen and oxygen atoms in total. The maximum Gasteiger partial charge on any atom is 0.223 e. The van der Waals surface area contributed by atoms with E-state index in [1.54, 1.807) is 0 Å². The summed E-state index contributed by atoms with van der Waals surface area (Å²) in [6, 6.07) is 0.444. The summed E-state index contributed by atoms with van der Waals surface area (Å²) < 4.78 is 5.20. The molecule has 0 aromatic carbocycles. The van der Waals surface area contributed by atoms with Gasteiger partial charge in [0.25, 0.3) is 0 Å². The Hall–Kier alpha value is -1.32. The third-order valence-electron chi connectivity index (χ3n) is 6.02. The van der Waals surface area contributed by atoms with Crippen LogP contribution in [0.2, 0.25) is 0 Å². The molecule has 3 rings (SSSR count). The van der Waals surface area contributed by atoms with Crippen molar-refractivity contribution in [3.63, 3.8) is 0 Å². The summed E-state index contributed by atoms with van der Waals surface area (Å²) in [6.45, 7) is 9.41. The number of hydrogen-bond acceptors (Lipinski definition) is 3. The predicted octanol–water partition coefficient (Wildman–Crippen LogP) is 4.04. The molecule has 4 heteroatoms. The maximum atomic E-state index is 12.8. The fourth-order valence-corrected chi connectivity index (χ4v) is 5.00. The number of rotatable bonds is 4. The highest BCUT2D eigenvalue weighted by Crippen LogP contribution is 2.51. The normalized spacial score (nSPS) is 23.3. The van der Waals surface area contributed by atoms with E-state index in [0.29, 0.717) is 29.7 Å². The second-order valence-electron chi connectivity index (χ2n) is 7.94. The Balaban J connectivity index is 1.63. The largest absolute Gasteiger partial charge is 0.361 e. The molecule has 2 aliphatic rings. The van der Waals surface area contributed by atoms with E-state index in [2.05, 4.69) is 23.9 Å². The number of likely N-dealkylation sites (tertiary alicyclic amines) is 1. The third-order valence-corrected chi connectivity index (χ3v) is 6.02. The van der Waals surface area contributed by atoms with Crippen molar-refractivity contribution >= 4 is 5.91 Å². The van der Waals surface area contributed by atoms with Crippen molar-refractivity contribution in [1.82, 2.24) is 10.1 Å². The molecule has 2 heterocycles. The van der Waals surface area contributed by atoms with Gasteiger partial charge in [-0.2, -0.15) is 0 Å². The molecule has 128 valence electrons. The summed E-state index contributed by atoms with van der Waals surface area (Å²) in [5, 5.41) is 3.98. The highest BCUT2D eigenvalue weighted by Gasteiger charge is 2.54. The number of carbonyl (C=O) groups is 1. The zero-order valence-corrected chi connectivity index (χ0v) is 15.0. The van der Waals surface area contributed by atoms with E-state index in [4.69, 9.17) is 4.52 Å². The molecule has 0 radical (unpaired) electrons. The number of hydrogen-bond donors (Lipinski definition) is 0. The van der Waals surface area contributed by atoms with E-state index in [1.165, 1.54) is 32.1 Å². The predicted molar refractivity (Wildman–Crippen MR) is 90.2 cm³/mol. The second kappa shape index (κ2) is 6.29. The Bertz CT molecular complexity index is 550. The van der Waals surface area contributed by atoms with Gasteiger partial charge in [-0.1, -0.05) is 38.3 Å². The fourth-order valence-electron chi connectivity index (χ4n) is 5.00. The SMILES string of the molecule is Cc1noc(C)c1CCC(=O)N1CC2(CCCCC2)C1C(C)C. The first-order chi connectivity index (χ1) is 10.9. The zero-order chi connectivity index (χ0) is 16.6. The van der Waals surface area contributed by atoms with Gasteiger partial charge < -0.3 is 9.42 Å². The Morgan fingerprint density at radius 3 is 2.57 bits per heavy atom. The lowest BCUT2D eigenvalue weighted by Gasteiger charge is -2.61. The van der Waals surface area contributed by atoms with Gasteiger partial charge in [0.15, 0.2) is 0 Å². The highest BCUT2D eigenvalue weighted by atomic mass is 16.5. The number of aryl methyl sites for hydroxylation is 2. The molecule has 1 amide bonds. The van der Waals surface area contributed by atoms with Crippen molar-refractivity contribution in [2.24, 2.45) is 11.3 Å². The van der Waals surface area contributed by atoms with Crippen LogP contribution >= 0.6 is 0 Å². The number of aromatic nitrogens is 1. The van der Waals surface area contributed by atoms with Gasteiger partial charge in [0.05, 0.1) is 5.69 Å². The monoisotopic (exact) mass is 318 g/mol. The van der Waals surface area contributed by atoms with E-state index < -0.39 is 0 Å². The zero-order valence-electron chi connectivity index (χ0n) is 15.0. The van der Waals surface area contributed by atoms with Crippen LogP contribution in [0.15, 0.2) is 4.52 Å². The van der Waals surface area contributed by atoms with Crippen LogP contribution in [-0.4, -0.2) is 28.6 Å². The van der Waals surface area contributed by atoms with Crippen LogP contribution in [0.4, 0.5) is 0 Å². The van der Waals surface area contributed by atoms with E-state index in [0.717, 1.165) is 30.0 Å². The topological polar surface area (TPSA) is 46.3 Å². The lowest BCUT2D eigenvalue weighted by Crippen LogP contribution is -2.68. The highest BCUT2D eigenvalue weighted by molar-refractivity contribution is 5.78. The molecule has 1 unspecified atom stereocenters. The van der Waals surface area contributed by atoms with Crippen LogP contribution in [0.25, 0.3) is 0 Å². The molecular weight excluding hydrogens is 288 g/mol. The minimum Gasteiger partial charge on any atom is -0.361 e. The van der Waals surface area contributed by atoms with Crippen LogP contribution in [0, 0.1) is 25.2 Å². The number of nitrogens with zero attached hydrogens (tertiary/aromatic N) is 2. The van der Waals surface area contributed by atoms with E-state index in [1.807, 2.05) is 13.8 Å². The smallest absolute Gasteiger partial charge is 0.223 e. The minimum absolute atomic E-state index is 0.305. The first-order valence-electron chi connectivity index (χ1n) is 9.16. The van der Waals surface area contributed by atoms with Gasteiger partial charge in [-0.15, -0.1) is 0 Å². The van der Waals surface area contributed by atoms with Crippen molar-refractivity contribution < 1.29 is 9.32 Å². The van der Waals surface area contributed by atoms with Crippen LogP contribution in [0.1, 0.15) is 69.4 Å². The van der Waals surface area contributed by atoms with E-state index in [-0.39, 0.29) is 0 Å². The maximum absolute atomic E-state index is 12.8. The number of amides is 1. The minimum atomic E-state index is 0.305. The Morgan fingerprint density at radius 2 is 2.00 bits per heavy atom. The van der Waals surface area contributed by atoms with Crippen LogP contribution in [0.3, 0.4) is 0 Å². The number of carbonyl (C=O) groups excluding carboxylic acids is 1. The fraction of sp³-hybridized carbons (Fsp3) is 0.789. The van der Waals surface area contributed by atoms with E-state index >= 15 is 0 Å². The average Bonchev–Trinajstić information content (AvgIpc) is 2.82. The molecule has 1 atom stereocenters. The summed E-state index contributed by atoms with van der Waals surface area (Å²) >= 11 is 0. The Labute approximate surface area is 139 Å². The van der Waals surface area contributed by atoms with Crippen molar-refractivity contribution in [3.8, 4) is 0 Å². The molecule has 23 heavy (non-hydrogen) atoms. The van der Waals surface area contributed by atoms with Gasteiger partial charge >= 0.3 is 0 Å². The van der Waals surface area contributed by atoms with Gasteiger partial charge in [0, 0.05) is 30.0 Å². The molecule has 0 bridgehead atoms. The van der Waals surface area contributed by atoms with Gasteiger partial charge in [0.1, 0.15) is 5.76 Å². The first kappa shape index (κ1) is 16.5. The van der Waals surface area contributed by atoms with Crippen LogP contribution < -0.4 is 0 Å². The van der Waals surface area contributed by atoms with E-state index in [9.17, 15) is 4.79 Å². The molecule has 0 N–H and O–H groups in total. The van der Waals surface area contributed by atoms with Crippen molar-refractivity contribution in [2.45, 2.75) is 78.7 Å². The van der Waals surface area contributed by atoms with Crippen molar-refractivity contribution in [3.05, 3.63) is 17.0 Å². The molecule has 2 fully saturated rings. The van der Waals surface area contributed by atoms with Crippen molar-refractivity contribution in [1.29, 1.82) is 0 Å². The van der Waals surface area contributed by atoms with Crippen LogP contribution in [0.5, 0.6) is 0 Å². The van der Waals surface area contributed by atoms with Gasteiger partial charge in [-0.25, -0.2) is 0 Å². The Kier molecular flexibility index (Phi) is 4.52. The molecule has 1 aliphatic heterocycles. The lowest BCUT2D eigenvalue weighted by molar-refractivity contribution is -0.165. The average molecular weight is 318 g/mol. The first-order valence-corrected chi connectivity index (χ1v) is 9.16. The molecular formula is C19H30N2O2. The molecule has 1 aromatic rings. The molecule has 1 spiro atoms. The third kappa shape index (κ3) is 2.92. The van der Waals surface area contributed by atoms with Gasteiger partial charge in [-0.05, 0) is 39.0 Å².